The molecule has 2 aromatic carbocycles. The SMILES string of the molecule is CC[C@H](C(=O)Nc1ccccc1C(C)C)N(c1cc(C)ccc1C)S(C)(=O)=O. The van der Waals surface area contributed by atoms with Crippen molar-refractivity contribution in [2.45, 2.75) is 53.0 Å². The predicted molar refractivity (Wildman–Crippen MR) is 116 cm³/mol. The van der Waals surface area contributed by atoms with E-state index in [0.717, 1.165) is 28.6 Å². The zero-order chi connectivity index (χ0) is 21.1. The summed E-state index contributed by atoms with van der Waals surface area (Å²) in [4.78, 5) is 13.2. The topological polar surface area (TPSA) is 66.5 Å². The van der Waals surface area contributed by atoms with Crippen LogP contribution in [0.25, 0.3) is 0 Å². The summed E-state index contributed by atoms with van der Waals surface area (Å²) in [5, 5.41) is 2.95. The maximum Gasteiger partial charge on any atom is 0.248 e. The van der Waals surface area contributed by atoms with Crippen LogP contribution in [0, 0.1) is 13.8 Å². The Labute approximate surface area is 168 Å². The molecule has 0 bridgehead atoms. The van der Waals surface area contributed by atoms with Gasteiger partial charge in [-0.3, -0.25) is 9.10 Å². The number of benzene rings is 2. The fourth-order valence-corrected chi connectivity index (χ4v) is 4.58. The number of rotatable bonds is 7. The zero-order valence-corrected chi connectivity index (χ0v) is 18.3. The third kappa shape index (κ3) is 4.93. The van der Waals surface area contributed by atoms with Gasteiger partial charge in [0.25, 0.3) is 0 Å². The highest BCUT2D eigenvalue weighted by atomic mass is 32.2. The number of hydrogen-bond donors (Lipinski definition) is 1. The van der Waals surface area contributed by atoms with Crippen molar-refractivity contribution in [3.05, 3.63) is 59.2 Å². The van der Waals surface area contributed by atoms with Crippen molar-refractivity contribution in [1.82, 2.24) is 0 Å². The second-order valence-electron chi connectivity index (χ2n) is 7.50. The van der Waals surface area contributed by atoms with Gasteiger partial charge in [0, 0.05) is 5.69 Å². The Morgan fingerprint density at radius 2 is 1.75 bits per heavy atom. The monoisotopic (exact) mass is 402 g/mol. The van der Waals surface area contributed by atoms with E-state index in [1.807, 2.05) is 63.2 Å². The molecule has 152 valence electrons. The van der Waals surface area contributed by atoms with E-state index in [-0.39, 0.29) is 11.8 Å². The lowest BCUT2D eigenvalue weighted by Crippen LogP contribution is -2.47. The van der Waals surface area contributed by atoms with E-state index in [2.05, 4.69) is 19.2 Å². The number of carbonyl (C=O) groups excluding carboxylic acids is 1. The van der Waals surface area contributed by atoms with Crippen LogP contribution in [0.5, 0.6) is 0 Å². The van der Waals surface area contributed by atoms with Crippen LogP contribution in [0.3, 0.4) is 0 Å². The number of para-hydroxylation sites is 1. The van der Waals surface area contributed by atoms with Crippen LogP contribution in [-0.4, -0.2) is 26.6 Å². The number of amides is 1. The Bertz CT molecular complexity index is 952. The van der Waals surface area contributed by atoms with Crippen LogP contribution in [0.1, 0.15) is 49.8 Å². The summed E-state index contributed by atoms with van der Waals surface area (Å²) in [6.07, 6.45) is 1.50. The van der Waals surface area contributed by atoms with E-state index in [4.69, 9.17) is 0 Å². The first-order valence-corrected chi connectivity index (χ1v) is 11.4. The van der Waals surface area contributed by atoms with E-state index < -0.39 is 16.1 Å². The first kappa shape index (κ1) is 22.0. The van der Waals surface area contributed by atoms with Crippen LogP contribution in [0.15, 0.2) is 42.5 Å². The molecular formula is C22H30N2O3S. The van der Waals surface area contributed by atoms with Gasteiger partial charge in [-0.15, -0.1) is 0 Å². The van der Waals surface area contributed by atoms with Gasteiger partial charge in [0.05, 0.1) is 11.9 Å². The summed E-state index contributed by atoms with van der Waals surface area (Å²) >= 11 is 0. The molecule has 2 aromatic rings. The Kier molecular flexibility index (Phi) is 6.88. The molecule has 0 heterocycles. The summed E-state index contributed by atoms with van der Waals surface area (Å²) in [5.74, 6) is -0.0939. The Hall–Kier alpha value is -2.34. The van der Waals surface area contributed by atoms with Gasteiger partial charge in [0.2, 0.25) is 15.9 Å². The van der Waals surface area contributed by atoms with Gasteiger partial charge < -0.3 is 5.32 Å². The van der Waals surface area contributed by atoms with E-state index in [9.17, 15) is 13.2 Å². The number of hydrogen-bond acceptors (Lipinski definition) is 3. The zero-order valence-electron chi connectivity index (χ0n) is 17.5. The van der Waals surface area contributed by atoms with Crippen LogP contribution < -0.4 is 9.62 Å². The molecule has 0 spiro atoms. The van der Waals surface area contributed by atoms with Crippen molar-refractivity contribution >= 4 is 27.3 Å². The molecular weight excluding hydrogens is 372 g/mol. The average Bonchev–Trinajstić information content (AvgIpc) is 2.61. The molecule has 0 aliphatic rings. The van der Waals surface area contributed by atoms with Gasteiger partial charge in [-0.2, -0.15) is 0 Å². The molecule has 5 nitrogen and oxygen atoms in total. The molecule has 0 aromatic heterocycles. The molecule has 0 fully saturated rings. The van der Waals surface area contributed by atoms with Crippen molar-refractivity contribution in [1.29, 1.82) is 0 Å². The fraction of sp³-hybridized carbons (Fsp3) is 0.409. The molecule has 0 aliphatic heterocycles. The lowest BCUT2D eigenvalue weighted by atomic mass is 10.0. The van der Waals surface area contributed by atoms with Crippen molar-refractivity contribution < 1.29 is 13.2 Å². The van der Waals surface area contributed by atoms with E-state index >= 15 is 0 Å². The average molecular weight is 403 g/mol. The Morgan fingerprint density at radius 3 is 2.32 bits per heavy atom. The minimum Gasteiger partial charge on any atom is -0.324 e. The molecule has 1 atom stereocenters. The Morgan fingerprint density at radius 1 is 1.11 bits per heavy atom. The molecule has 0 saturated carbocycles. The normalized spacial score (nSPS) is 12.7. The fourth-order valence-electron chi connectivity index (χ4n) is 3.32. The lowest BCUT2D eigenvalue weighted by molar-refractivity contribution is -0.117. The molecule has 28 heavy (non-hydrogen) atoms. The second kappa shape index (κ2) is 8.78. The summed E-state index contributed by atoms with van der Waals surface area (Å²) in [6.45, 7) is 9.69. The van der Waals surface area contributed by atoms with Gasteiger partial charge in [0.1, 0.15) is 6.04 Å². The van der Waals surface area contributed by atoms with Gasteiger partial charge in [-0.05, 0) is 55.0 Å². The van der Waals surface area contributed by atoms with Crippen molar-refractivity contribution in [2.24, 2.45) is 0 Å². The van der Waals surface area contributed by atoms with Gasteiger partial charge in [0.15, 0.2) is 0 Å². The number of aryl methyl sites for hydroxylation is 2. The number of anilines is 2. The number of nitrogens with zero attached hydrogens (tertiary/aromatic N) is 1. The highest BCUT2D eigenvalue weighted by Gasteiger charge is 2.32. The van der Waals surface area contributed by atoms with E-state index in [1.165, 1.54) is 4.31 Å². The number of nitrogens with one attached hydrogen (secondary N) is 1. The molecule has 6 heteroatoms. The van der Waals surface area contributed by atoms with E-state index in [1.54, 1.807) is 0 Å². The van der Waals surface area contributed by atoms with E-state index in [0.29, 0.717) is 12.1 Å². The first-order chi connectivity index (χ1) is 13.1. The molecule has 0 unspecified atom stereocenters. The second-order valence-corrected chi connectivity index (χ2v) is 9.36. The highest BCUT2D eigenvalue weighted by molar-refractivity contribution is 7.92. The molecule has 0 saturated heterocycles. The molecule has 1 N–H and O–H groups in total. The standard InChI is InChI=1S/C22H30N2O3S/c1-7-20(22(25)23-19-11-9-8-10-18(19)15(2)3)24(28(6,26)27)21-14-16(4)12-13-17(21)5/h8-15,20H,7H2,1-6H3,(H,23,25)/t20-/m1/s1. The van der Waals surface area contributed by atoms with Gasteiger partial charge in [-0.25, -0.2) is 8.42 Å². The minimum atomic E-state index is -3.66. The van der Waals surface area contributed by atoms with Crippen molar-refractivity contribution in [3.63, 3.8) is 0 Å². The summed E-state index contributed by atoms with van der Waals surface area (Å²) in [7, 11) is -3.66. The third-order valence-corrected chi connectivity index (χ3v) is 5.94. The third-order valence-electron chi connectivity index (χ3n) is 4.77. The number of carbonyl (C=O) groups is 1. The van der Waals surface area contributed by atoms with Crippen LogP contribution in [0.2, 0.25) is 0 Å². The lowest BCUT2D eigenvalue weighted by Gasteiger charge is -2.31. The van der Waals surface area contributed by atoms with Gasteiger partial charge >= 0.3 is 0 Å². The maximum atomic E-state index is 13.2. The van der Waals surface area contributed by atoms with Crippen LogP contribution in [-0.2, 0) is 14.8 Å². The maximum absolute atomic E-state index is 13.2. The highest BCUT2D eigenvalue weighted by Crippen LogP contribution is 2.29. The molecule has 1 amide bonds. The summed E-state index contributed by atoms with van der Waals surface area (Å²) < 4.78 is 26.6. The summed E-state index contributed by atoms with van der Waals surface area (Å²) in [5.41, 5.74) is 4.03. The van der Waals surface area contributed by atoms with Crippen LogP contribution >= 0.6 is 0 Å². The molecule has 0 radical (unpaired) electrons. The minimum absolute atomic E-state index is 0.238. The first-order valence-electron chi connectivity index (χ1n) is 9.52. The van der Waals surface area contributed by atoms with Crippen molar-refractivity contribution in [2.75, 3.05) is 15.9 Å². The molecule has 2 rings (SSSR count). The smallest absolute Gasteiger partial charge is 0.248 e. The number of sulfonamides is 1. The quantitative estimate of drug-likeness (QED) is 0.735. The van der Waals surface area contributed by atoms with Crippen LogP contribution in [0.4, 0.5) is 11.4 Å². The summed E-state index contributed by atoms with van der Waals surface area (Å²) in [6, 6.07) is 12.4. The predicted octanol–water partition coefficient (Wildman–Crippen LogP) is 4.61. The largest absolute Gasteiger partial charge is 0.324 e. The molecule has 0 aliphatic carbocycles. The van der Waals surface area contributed by atoms with Crippen molar-refractivity contribution in [3.8, 4) is 0 Å². The van der Waals surface area contributed by atoms with Gasteiger partial charge in [-0.1, -0.05) is 51.1 Å². The Balaban J connectivity index is 2.47.